The quantitative estimate of drug-likeness (QED) is 0.324. The molecule has 0 fully saturated rings. The maximum Gasteiger partial charge on any atom is 0.329 e. The second-order valence-electron chi connectivity index (χ2n) is 5.32. The third-order valence-corrected chi connectivity index (χ3v) is 5.22. The van der Waals surface area contributed by atoms with Gasteiger partial charge in [0.15, 0.2) is 5.92 Å². The molecule has 0 saturated carbocycles. The molecule has 3 atom stereocenters. The molecular weight excluding hydrogens is 369 g/mol. The van der Waals surface area contributed by atoms with Crippen LogP contribution in [0, 0.1) is 24.2 Å². The summed E-state index contributed by atoms with van der Waals surface area (Å²) in [6.07, 6.45) is 0. The lowest BCUT2D eigenvalue weighted by Gasteiger charge is -2.27. The first-order valence-corrected chi connectivity index (χ1v) is 8.08. The van der Waals surface area contributed by atoms with E-state index in [9.17, 15) is 4.79 Å². The fourth-order valence-electron chi connectivity index (χ4n) is 2.92. The monoisotopic (exact) mass is 383 g/mol. The summed E-state index contributed by atoms with van der Waals surface area (Å²) in [5.74, 6) is 0.484. The fraction of sp³-hybridized carbons (Fsp3) is 0.467. The highest BCUT2D eigenvalue weighted by Gasteiger charge is 2.39. The van der Waals surface area contributed by atoms with E-state index >= 15 is 0 Å². The van der Waals surface area contributed by atoms with Crippen molar-refractivity contribution in [2.75, 3.05) is 11.0 Å². The number of halogens is 1. The lowest BCUT2D eigenvalue weighted by Crippen LogP contribution is -2.30. The van der Waals surface area contributed by atoms with Gasteiger partial charge in [0.1, 0.15) is 11.5 Å². The van der Waals surface area contributed by atoms with Crippen LogP contribution in [0.3, 0.4) is 0 Å². The van der Waals surface area contributed by atoms with E-state index in [2.05, 4.69) is 28.7 Å². The summed E-state index contributed by atoms with van der Waals surface area (Å²) in [5, 5.41) is 9.14. The van der Waals surface area contributed by atoms with E-state index in [1.165, 1.54) is 5.56 Å². The molecule has 5 heteroatoms. The van der Waals surface area contributed by atoms with Crippen LogP contribution in [-0.4, -0.2) is 17.0 Å². The van der Waals surface area contributed by atoms with Crippen molar-refractivity contribution in [2.45, 2.75) is 25.7 Å². The Balaban J connectivity index is 2.18. The van der Waals surface area contributed by atoms with E-state index in [1.54, 1.807) is 0 Å². The molecular formula is C15H14INO3. The van der Waals surface area contributed by atoms with Crippen molar-refractivity contribution >= 4 is 28.6 Å². The van der Waals surface area contributed by atoms with Crippen LogP contribution < -0.4 is 9.47 Å². The average Bonchev–Trinajstić information content (AvgIpc) is 2.84. The highest BCUT2D eigenvalue weighted by Crippen LogP contribution is 2.48. The molecule has 1 aromatic carbocycles. The van der Waals surface area contributed by atoms with E-state index in [4.69, 9.17) is 14.7 Å². The number of carbonyl (C=O) groups is 1. The predicted molar refractivity (Wildman–Crippen MR) is 81.5 cm³/mol. The summed E-state index contributed by atoms with van der Waals surface area (Å²) >= 11 is 2.36. The van der Waals surface area contributed by atoms with Crippen LogP contribution >= 0.6 is 22.6 Å². The Morgan fingerprint density at radius 3 is 2.85 bits per heavy atom. The Hall–Kier alpha value is -1.29. The maximum atomic E-state index is 11.9. The number of fused-ring (bicyclic) bond motifs is 2. The Morgan fingerprint density at radius 2 is 2.20 bits per heavy atom. The number of rotatable bonds is 1. The van der Waals surface area contributed by atoms with Gasteiger partial charge in [-0.25, -0.2) is 0 Å². The van der Waals surface area contributed by atoms with E-state index in [0.29, 0.717) is 18.3 Å². The number of carbonyl (C=O) groups excluding carboxylic acids is 1. The van der Waals surface area contributed by atoms with Crippen molar-refractivity contribution in [3.8, 4) is 17.6 Å². The largest absolute Gasteiger partial charge is 0.492 e. The molecule has 3 unspecified atom stereocenters. The van der Waals surface area contributed by atoms with Gasteiger partial charge in [-0.05, 0) is 13.0 Å². The van der Waals surface area contributed by atoms with Gasteiger partial charge in [0, 0.05) is 33.0 Å². The molecule has 0 amide bonds. The first-order chi connectivity index (χ1) is 9.58. The zero-order valence-electron chi connectivity index (χ0n) is 11.3. The van der Waals surface area contributed by atoms with Gasteiger partial charge in [-0.15, -0.1) is 0 Å². The van der Waals surface area contributed by atoms with Gasteiger partial charge < -0.3 is 9.47 Å². The molecule has 0 bridgehead atoms. The van der Waals surface area contributed by atoms with Crippen molar-refractivity contribution < 1.29 is 14.3 Å². The molecule has 20 heavy (non-hydrogen) atoms. The molecule has 0 saturated heterocycles. The minimum absolute atomic E-state index is 0.143. The van der Waals surface area contributed by atoms with Crippen LogP contribution in [0.4, 0.5) is 0 Å². The number of hydrogen-bond acceptors (Lipinski definition) is 4. The Labute approximate surface area is 131 Å². The summed E-state index contributed by atoms with van der Waals surface area (Å²) in [6, 6.07) is 4.11. The Morgan fingerprint density at radius 1 is 1.45 bits per heavy atom. The SMILES string of the molecule is Cc1c2c(cc3c1OC(=O)C(C#N)C3C)C(CI)CO2. The van der Waals surface area contributed by atoms with Crippen molar-refractivity contribution in [1.29, 1.82) is 5.26 Å². The number of ether oxygens (including phenoxy) is 2. The molecule has 0 aromatic heterocycles. The summed E-state index contributed by atoms with van der Waals surface area (Å²) in [5.41, 5.74) is 3.01. The molecule has 0 radical (unpaired) electrons. The number of nitriles is 1. The summed E-state index contributed by atoms with van der Waals surface area (Å²) in [6.45, 7) is 4.50. The van der Waals surface area contributed by atoms with Crippen molar-refractivity contribution in [3.63, 3.8) is 0 Å². The van der Waals surface area contributed by atoms with Gasteiger partial charge in [-0.1, -0.05) is 29.5 Å². The summed E-state index contributed by atoms with van der Waals surface area (Å²) in [7, 11) is 0. The van der Waals surface area contributed by atoms with Crippen molar-refractivity contribution in [3.05, 3.63) is 22.8 Å². The lowest BCUT2D eigenvalue weighted by atomic mass is 9.83. The van der Waals surface area contributed by atoms with Crippen molar-refractivity contribution in [1.82, 2.24) is 0 Å². The highest BCUT2D eigenvalue weighted by molar-refractivity contribution is 14.1. The van der Waals surface area contributed by atoms with Gasteiger partial charge in [0.25, 0.3) is 0 Å². The molecule has 0 aliphatic carbocycles. The van der Waals surface area contributed by atoms with Gasteiger partial charge in [-0.2, -0.15) is 5.26 Å². The minimum atomic E-state index is -0.722. The molecule has 1 aromatic rings. The van der Waals surface area contributed by atoms with E-state index in [0.717, 1.165) is 21.3 Å². The second kappa shape index (κ2) is 4.92. The molecule has 104 valence electrons. The molecule has 3 rings (SSSR count). The lowest BCUT2D eigenvalue weighted by molar-refractivity contribution is -0.138. The number of hydrogen-bond donors (Lipinski definition) is 0. The third-order valence-electron chi connectivity index (χ3n) is 4.16. The molecule has 2 aliphatic rings. The minimum Gasteiger partial charge on any atom is -0.492 e. The first kappa shape index (κ1) is 13.7. The maximum absolute atomic E-state index is 11.9. The number of benzene rings is 1. The van der Waals surface area contributed by atoms with Crippen LogP contribution in [0.15, 0.2) is 6.07 Å². The topological polar surface area (TPSA) is 59.3 Å². The van der Waals surface area contributed by atoms with Gasteiger partial charge in [0.2, 0.25) is 0 Å². The normalized spacial score (nSPS) is 27.1. The molecule has 2 aliphatic heterocycles. The fourth-order valence-corrected chi connectivity index (χ4v) is 3.65. The summed E-state index contributed by atoms with van der Waals surface area (Å²) < 4.78 is 12.1. The first-order valence-electron chi connectivity index (χ1n) is 6.56. The van der Waals surface area contributed by atoms with Gasteiger partial charge >= 0.3 is 5.97 Å². The van der Waals surface area contributed by atoms with Crippen LogP contribution in [-0.2, 0) is 4.79 Å². The zero-order chi connectivity index (χ0) is 14.4. The molecule has 0 N–H and O–H groups in total. The number of nitrogens with zero attached hydrogens (tertiary/aromatic N) is 1. The molecule has 4 nitrogen and oxygen atoms in total. The van der Waals surface area contributed by atoms with Crippen LogP contribution in [0.25, 0.3) is 0 Å². The Kier molecular flexibility index (Phi) is 3.36. The standard InChI is InChI=1S/C15H14INO3/c1-7-10-3-11-9(4-16)6-19-13(11)8(2)14(10)20-15(18)12(7)5-17/h3,7,9,12H,4,6H2,1-2H3. The number of esters is 1. The summed E-state index contributed by atoms with van der Waals surface area (Å²) in [4.78, 5) is 11.9. The van der Waals surface area contributed by atoms with Gasteiger partial charge in [-0.3, -0.25) is 4.79 Å². The van der Waals surface area contributed by atoms with Crippen LogP contribution in [0.1, 0.15) is 35.4 Å². The smallest absolute Gasteiger partial charge is 0.329 e. The van der Waals surface area contributed by atoms with Gasteiger partial charge in [0.05, 0.1) is 12.7 Å². The van der Waals surface area contributed by atoms with E-state index in [-0.39, 0.29) is 5.92 Å². The van der Waals surface area contributed by atoms with Crippen LogP contribution in [0.2, 0.25) is 0 Å². The molecule has 2 heterocycles. The predicted octanol–water partition coefficient (Wildman–Crippen LogP) is 3.07. The third kappa shape index (κ3) is 1.81. The molecule has 0 spiro atoms. The average molecular weight is 383 g/mol. The Bertz CT molecular complexity index is 635. The zero-order valence-corrected chi connectivity index (χ0v) is 13.4. The van der Waals surface area contributed by atoms with Crippen molar-refractivity contribution in [2.24, 2.45) is 5.92 Å². The van der Waals surface area contributed by atoms with E-state index < -0.39 is 11.9 Å². The van der Waals surface area contributed by atoms with E-state index in [1.807, 2.05) is 19.9 Å². The van der Waals surface area contributed by atoms with Crippen LogP contribution in [0.5, 0.6) is 11.5 Å². The number of alkyl halides is 1. The highest BCUT2D eigenvalue weighted by atomic mass is 127. The second-order valence-corrected chi connectivity index (χ2v) is 6.20.